The molecule has 106 valence electrons. The molecule has 0 atom stereocenters. The second-order valence-corrected chi connectivity index (χ2v) is 6.71. The average molecular weight is 267 g/mol. The summed E-state index contributed by atoms with van der Waals surface area (Å²) >= 11 is 0. The van der Waals surface area contributed by atoms with Gasteiger partial charge in [-0.25, -0.2) is 14.7 Å². The number of carbonyl (C=O) groups excluding carboxylic acids is 1. The summed E-state index contributed by atoms with van der Waals surface area (Å²) in [6.07, 6.45) is 1.85. The van der Waals surface area contributed by atoms with E-state index in [1.165, 1.54) is 0 Å². The van der Waals surface area contributed by atoms with Gasteiger partial charge in [0.25, 0.3) is 0 Å². The molecule has 4 bridgehead atoms. The van der Waals surface area contributed by atoms with E-state index >= 15 is 0 Å². The zero-order chi connectivity index (χ0) is 12.9. The first-order valence-corrected chi connectivity index (χ1v) is 7.35. The maximum absolute atomic E-state index is 12.6. The number of nitrogens with zero attached hydrogens (tertiary/aromatic N) is 4. The molecule has 5 aliphatic rings. The van der Waals surface area contributed by atoms with Crippen LogP contribution in [0.2, 0.25) is 0 Å². The Morgan fingerprint density at radius 1 is 1.00 bits per heavy atom. The number of hydrogen-bond acceptors (Lipinski definition) is 5. The monoisotopic (exact) mass is 267 g/mol. The first-order chi connectivity index (χ1) is 9.22. The van der Waals surface area contributed by atoms with Gasteiger partial charge in [0.1, 0.15) is 26.6 Å². The Labute approximate surface area is 114 Å². The van der Waals surface area contributed by atoms with Crippen LogP contribution < -0.4 is 0 Å². The Kier molecular flexibility index (Phi) is 2.89. The zero-order valence-electron chi connectivity index (χ0n) is 11.5. The lowest BCUT2D eigenvalue weighted by atomic mass is 9.94. The molecule has 0 saturated carbocycles. The molecule has 19 heavy (non-hydrogen) atoms. The van der Waals surface area contributed by atoms with Crippen LogP contribution in [0.5, 0.6) is 0 Å². The van der Waals surface area contributed by atoms with E-state index in [4.69, 9.17) is 4.74 Å². The standard InChI is InChI=1S/C13H23N4O2/c18-13(12-1-3-19-4-2-12)5-17-9-14-6-15(10-17)8-16(7-14)11-17/h12H,1-11H2/q+1. The van der Waals surface area contributed by atoms with Crippen LogP contribution in [0.25, 0.3) is 0 Å². The van der Waals surface area contributed by atoms with Gasteiger partial charge in [0.2, 0.25) is 0 Å². The summed E-state index contributed by atoms with van der Waals surface area (Å²) in [5.41, 5.74) is 0. The van der Waals surface area contributed by atoms with Gasteiger partial charge in [-0.15, -0.1) is 0 Å². The first-order valence-electron chi connectivity index (χ1n) is 7.35. The molecular weight excluding hydrogens is 244 g/mol. The van der Waals surface area contributed by atoms with Crippen LogP contribution in [0.15, 0.2) is 0 Å². The maximum atomic E-state index is 12.6. The van der Waals surface area contributed by atoms with Crippen molar-refractivity contribution in [2.75, 3.05) is 59.8 Å². The van der Waals surface area contributed by atoms with Crippen molar-refractivity contribution in [3.8, 4) is 0 Å². The predicted molar refractivity (Wildman–Crippen MR) is 68.4 cm³/mol. The molecule has 6 nitrogen and oxygen atoms in total. The summed E-state index contributed by atoms with van der Waals surface area (Å²) in [5.74, 6) is 0.716. The summed E-state index contributed by atoms with van der Waals surface area (Å²) in [7, 11) is 0. The van der Waals surface area contributed by atoms with E-state index in [0.29, 0.717) is 12.3 Å². The minimum absolute atomic E-state index is 0.250. The van der Waals surface area contributed by atoms with Crippen LogP contribution in [0.3, 0.4) is 0 Å². The van der Waals surface area contributed by atoms with E-state index in [-0.39, 0.29) is 5.92 Å². The van der Waals surface area contributed by atoms with Crippen LogP contribution in [0.4, 0.5) is 0 Å². The Hall–Kier alpha value is -0.530. The fraction of sp³-hybridized carbons (Fsp3) is 0.923. The molecule has 0 aromatic rings. The van der Waals surface area contributed by atoms with Crippen molar-refractivity contribution in [1.82, 2.24) is 14.7 Å². The highest BCUT2D eigenvalue weighted by molar-refractivity contribution is 5.82. The number of ether oxygens (including phenoxy) is 1. The topological polar surface area (TPSA) is 36.0 Å². The molecule has 5 aliphatic heterocycles. The third kappa shape index (κ3) is 2.21. The minimum Gasteiger partial charge on any atom is -0.381 e. The highest BCUT2D eigenvalue weighted by atomic mass is 16.5. The number of quaternary nitrogens is 1. The number of rotatable bonds is 3. The fourth-order valence-electron chi connectivity index (χ4n) is 4.29. The summed E-state index contributed by atoms with van der Waals surface area (Å²) in [4.78, 5) is 20.0. The van der Waals surface area contributed by atoms with Crippen molar-refractivity contribution in [3.63, 3.8) is 0 Å². The molecule has 0 aromatic carbocycles. The van der Waals surface area contributed by atoms with E-state index in [2.05, 4.69) is 14.7 Å². The molecule has 6 heteroatoms. The van der Waals surface area contributed by atoms with Crippen molar-refractivity contribution in [2.24, 2.45) is 5.92 Å². The van der Waals surface area contributed by atoms with Crippen molar-refractivity contribution in [3.05, 3.63) is 0 Å². The van der Waals surface area contributed by atoms with Crippen molar-refractivity contribution in [1.29, 1.82) is 0 Å². The third-order valence-electron chi connectivity index (χ3n) is 4.87. The number of hydrogen-bond donors (Lipinski definition) is 0. The van der Waals surface area contributed by atoms with Gasteiger partial charge in [-0.3, -0.25) is 9.28 Å². The van der Waals surface area contributed by atoms with Crippen molar-refractivity contribution >= 4 is 5.78 Å². The highest BCUT2D eigenvalue weighted by Crippen LogP contribution is 2.29. The second kappa shape index (κ2) is 4.49. The Bertz CT molecular complexity index is 346. The normalized spacial score (nSPS) is 45.6. The average Bonchev–Trinajstić information content (AvgIpc) is 2.37. The summed E-state index contributed by atoms with van der Waals surface area (Å²) < 4.78 is 6.30. The Morgan fingerprint density at radius 2 is 1.53 bits per heavy atom. The molecule has 5 saturated heterocycles. The molecule has 0 radical (unpaired) electrons. The van der Waals surface area contributed by atoms with Crippen LogP contribution in [0.1, 0.15) is 12.8 Å². The van der Waals surface area contributed by atoms with Crippen LogP contribution in [-0.4, -0.2) is 84.7 Å². The van der Waals surface area contributed by atoms with E-state index in [0.717, 1.165) is 70.6 Å². The molecule has 0 unspecified atom stereocenters. The lowest BCUT2D eigenvalue weighted by Gasteiger charge is -2.60. The van der Waals surface area contributed by atoms with Gasteiger partial charge < -0.3 is 4.74 Å². The lowest BCUT2D eigenvalue weighted by molar-refractivity contribution is -0.973. The lowest BCUT2D eigenvalue weighted by Crippen LogP contribution is -2.80. The largest absolute Gasteiger partial charge is 0.381 e. The van der Waals surface area contributed by atoms with Crippen molar-refractivity contribution < 1.29 is 14.0 Å². The Morgan fingerprint density at radius 3 is 2.05 bits per heavy atom. The minimum atomic E-state index is 0.250. The van der Waals surface area contributed by atoms with Crippen LogP contribution in [0, 0.1) is 5.92 Å². The SMILES string of the molecule is O=C(C[N+]12CN3CN(CN(C3)C1)C2)C1CCOCC1. The van der Waals surface area contributed by atoms with E-state index in [1.54, 1.807) is 0 Å². The summed E-state index contributed by atoms with van der Waals surface area (Å²) in [6.45, 7) is 8.67. The van der Waals surface area contributed by atoms with E-state index in [9.17, 15) is 4.79 Å². The van der Waals surface area contributed by atoms with Gasteiger partial charge in [0.05, 0.1) is 20.0 Å². The molecule has 0 N–H and O–H groups in total. The quantitative estimate of drug-likeness (QED) is 0.644. The maximum Gasteiger partial charge on any atom is 0.190 e. The van der Waals surface area contributed by atoms with Gasteiger partial charge in [-0.1, -0.05) is 0 Å². The van der Waals surface area contributed by atoms with Crippen LogP contribution in [-0.2, 0) is 9.53 Å². The van der Waals surface area contributed by atoms with Gasteiger partial charge in [0.15, 0.2) is 5.78 Å². The zero-order valence-corrected chi connectivity index (χ0v) is 11.5. The summed E-state index contributed by atoms with van der Waals surface area (Å²) in [6, 6.07) is 0. The predicted octanol–water partition coefficient (Wildman–Crippen LogP) is -0.509. The van der Waals surface area contributed by atoms with Crippen LogP contribution >= 0.6 is 0 Å². The number of carbonyl (C=O) groups is 1. The molecule has 0 amide bonds. The van der Waals surface area contributed by atoms with E-state index < -0.39 is 0 Å². The highest BCUT2D eigenvalue weighted by Gasteiger charge is 2.49. The third-order valence-corrected chi connectivity index (χ3v) is 4.87. The summed E-state index contributed by atoms with van der Waals surface area (Å²) in [5, 5.41) is 0. The molecule has 5 heterocycles. The molecule has 0 spiro atoms. The molecule has 0 aliphatic carbocycles. The van der Waals surface area contributed by atoms with Crippen molar-refractivity contribution in [2.45, 2.75) is 12.8 Å². The smallest absolute Gasteiger partial charge is 0.190 e. The second-order valence-electron chi connectivity index (χ2n) is 6.71. The molecule has 0 aromatic heterocycles. The molecular formula is C13H23N4O2+. The number of Topliss-reactive ketones (excluding diaryl/α,β-unsaturated/α-hetero) is 1. The fourth-order valence-corrected chi connectivity index (χ4v) is 4.29. The van der Waals surface area contributed by atoms with Gasteiger partial charge in [-0.2, -0.15) is 0 Å². The Balaban J connectivity index is 1.45. The van der Waals surface area contributed by atoms with Gasteiger partial charge in [0, 0.05) is 19.1 Å². The molecule has 5 rings (SSSR count). The van der Waals surface area contributed by atoms with Gasteiger partial charge in [-0.05, 0) is 12.8 Å². The number of ketones is 1. The first kappa shape index (κ1) is 12.2. The molecule has 5 fully saturated rings. The van der Waals surface area contributed by atoms with Gasteiger partial charge >= 0.3 is 0 Å². The van der Waals surface area contributed by atoms with E-state index in [1.807, 2.05) is 0 Å².